The Hall–Kier alpha value is -1.97. The first kappa shape index (κ1) is 19.4. The number of fused-ring (bicyclic) bond motifs is 1. The van der Waals surface area contributed by atoms with Gasteiger partial charge in [-0.05, 0) is 60.8 Å². The highest BCUT2D eigenvalue weighted by molar-refractivity contribution is 9.10. The minimum absolute atomic E-state index is 0.290. The number of aryl methyl sites for hydroxylation is 1. The Morgan fingerprint density at radius 1 is 1.25 bits per heavy atom. The number of H-pyrrole nitrogens is 1. The molecule has 0 spiro atoms. The molecule has 2 aromatic heterocycles. The van der Waals surface area contributed by atoms with Gasteiger partial charge in [0.15, 0.2) is 15.7 Å². The summed E-state index contributed by atoms with van der Waals surface area (Å²) in [5.74, 6) is 0.710. The quantitative estimate of drug-likeness (QED) is 0.604. The van der Waals surface area contributed by atoms with E-state index in [1.54, 1.807) is 18.3 Å². The zero-order chi connectivity index (χ0) is 19.9. The zero-order valence-corrected chi connectivity index (χ0v) is 18.0. The standard InChI is InChI=1S/C19H21BrN4O3S/c1-11-12(2)23-24-19(11)22-16-3-6-21-17-10-15(20)18(9-14(16)17)28(25,26)13-4-7-27-8-5-13/h3,6,9-10,13H,4-5,7-8H2,1-2H3,(H2,21,22,23,24). The summed E-state index contributed by atoms with van der Waals surface area (Å²) in [5.41, 5.74) is 3.45. The molecule has 148 valence electrons. The van der Waals surface area contributed by atoms with Crippen LogP contribution in [0.15, 0.2) is 33.8 Å². The first-order valence-corrected chi connectivity index (χ1v) is 11.4. The molecule has 0 aliphatic carbocycles. The number of pyridine rings is 1. The summed E-state index contributed by atoms with van der Waals surface area (Å²) < 4.78 is 32.3. The maximum absolute atomic E-state index is 13.2. The topological polar surface area (TPSA) is 97.0 Å². The molecule has 0 radical (unpaired) electrons. The summed E-state index contributed by atoms with van der Waals surface area (Å²) in [6.07, 6.45) is 2.71. The van der Waals surface area contributed by atoms with E-state index in [1.807, 2.05) is 19.9 Å². The summed E-state index contributed by atoms with van der Waals surface area (Å²) in [6.45, 7) is 4.87. The van der Waals surface area contributed by atoms with Crippen molar-refractivity contribution < 1.29 is 13.2 Å². The second kappa shape index (κ2) is 7.46. The average Bonchev–Trinajstić information content (AvgIpc) is 3.00. The van der Waals surface area contributed by atoms with Crippen LogP contribution < -0.4 is 5.32 Å². The number of hydrogen-bond acceptors (Lipinski definition) is 6. The number of halogens is 1. The summed E-state index contributed by atoms with van der Waals surface area (Å²) >= 11 is 3.44. The van der Waals surface area contributed by atoms with Crippen LogP contribution in [0.1, 0.15) is 24.1 Å². The molecule has 1 aliphatic rings. The van der Waals surface area contributed by atoms with Crippen molar-refractivity contribution >= 4 is 48.2 Å². The van der Waals surface area contributed by atoms with Crippen molar-refractivity contribution in [3.05, 3.63) is 40.1 Å². The van der Waals surface area contributed by atoms with E-state index in [-0.39, 0.29) is 4.90 Å². The normalized spacial score (nSPS) is 15.8. The Morgan fingerprint density at radius 2 is 2.00 bits per heavy atom. The number of anilines is 2. The van der Waals surface area contributed by atoms with E-state index in [9.17, 15) is 8.42 Å². The molecule has 0 unspecified atom stereocenters. The molecule has 28 heavy (non-hydrogen) atoms. The van der Waals surface area contributed by atoms with Gasteiger partial charge >= 0.3 is 0 Å². The maximum Gasteiger partial charge on any atom is 0.182 e. The fourth-order valence-electron chi connectivity index (χ4n) is 3.37. The second-order valence-corrected chi connectivity index (χ2v) is 10.0. The smallest absolute Gasteiger partial charge is 0.182 e. The lowest BCUT2D eigenvalue weighted by molar-refractivity contribution is 0.0983. The van der Waals surface area contributed by atoms with Crippen LogP contribution >= 0.6 is 15.9 Å². The van der Waals surface area contributed by atoms with Crippen molar-refractivity contribution in [1.82, 2.24) is 15.2 Å². The molecule has 3 aromatic rings. The van der Waals surface area contributed by atoms with E-state index < -0.39 is 15.1 Å². The SMILES string of the molecule is Cc1[nH]nc(Nc2ccnc3cc(Br)c(S(=O)(=O)C4CCOCC4)cc23)c1C. The molecule has 0 bridgehead atoms. The van der Waals surface area contributed by atoms with Crippen LogP contribution in [-0.4, -0.2) is 42.1 Å². The highest BCUT2D eigenvalue weighted by Crippen LogP contribution is 2.35. The number of ether oxygens (including phenoxy) is 1. The molecule has 1 aliphatic heterocycles. The molecule has 0 amide bonds. The average molecular weight is 465 g/mol. The lowest BCUT2D eigenvalue weighted by Crippen LogP contribution is -2.29. The van der Waals surface area contributed by atoms with Crippen molar-refractivity contribution in [3.63, 3.8) is 0 Å². The third-order valence-electron chi connectivity index (χ3n) is 5.22. The second-order valence-electron chi connectivity index (χ2n) is 6.96. The number of sulfone groups is 1. The van der Waals surface area contributed by atoms with Crippen molar-refractivity contribution in [3.8, 4) is 0 Å². The van der Waals surface area contributed by atoms with Gasteiger partial charge in [0.25, 0.3) is 0 Å². The first-order chi connectivity index (χ1) is 13.4. The number of benzene rings is 1. The van der Waals surface area contributed by atoms with Gasteiger partial charge in [0, 0.05) is 40.5 Å². The van der Waals surface area contributed by atoms with Gasteiger partial charge < -0.3 is 10.1 Å². The van der Waals surface area contributed by atoms with Crippen molar-refractivity contribution in [1.29, 1.82) is 0 Å². The molecule has 1 aromatic carbocycles. The van der Waals surface area contributed by atoms with Crippen LogP contribution in [0, 0.1) is 13.8 Å². The molecule has 0 atom stereocenters. The number of rotatable bonds is 4. The molecule has 2 N–H and O–H groups in total. The number of nitrogens with one attached hydrogen (secondary N) is 2. The van der Waals surface area contributed by atoms with Crippen LogP contribution in [-0.2, 0) is 14.6 Å². The monoisotopic (exact) mass is 464 g/mol. The Balaban J connectivity index is 1.81. The van der Waals surface area contributed by atoms with Crippen LogP contribution in [0.2, 0.25) is 0 Å². The van der Waals surface area contributed by atoms with Crippen molar-refractivity contribution in [2.45, 2.75) is 36.8 Å². The van der Waals surface area contributed by atoms with E-state index in [4.69, 9.17) is 4.74 Å². The van der Waals surface area contributed by atoms with Gasteiger partial charge in [0.2, 0.25) is 0 Å². The molecule has 7 nitrogen and oxygen atoms in total. The highest BCUT2D eigenvalue weighted by Gasteiger charge is 2.31. The molecule has 1 saturated heterocycles. The fourth-order valence-corrected chi connectivity index (χ4v) is 6.17. The summed E-state index contributed by atoms with van der Waals surface area (Å²) in [5, 5.41) is 10.8. The van der Waals surface area contributed by atoms with Crippen molar-refractivity contribution in [2.75, 3.05) is 18.5 Å². The predicted molar refractivity (Wildman–Crippen MR) is 112 cm³/mol. The molecular formula is C19H21BrN4O3S. The largest absolute Gasteiger partial charge is 0.381 e. The summed E-state index contributed by atoms with van der Waals surface area (Å²) in [4.78, 5) is 4.68. The summed E-state index contributed by atoms with van der Waals surface area (Å²) in [7, 11) is -3.48. The van der Waals surface area contributed by atoms with Crippen molar-refractivity contribution in [2.24, 2.45) is 0 Å². The maximum atomic E-state index is 13.2. The lowest BCUT2D eigenvalue weighted by Gasteiger charge is -2.23. The number of hydrogen-bond donors (Lipinski definition) is 2. The summed E-state index contributed by atoms with van der Waals surface area (Å²) in [6, 6.07) is 5.29. The van der Waals surface area contributed by atoms with Crippen LogP contribution in [0.25, 0.3) is 10.9 Å². The predicted octanol–water partition coefficient (Wildman–Crippen LogP) is 4.03. The Morgan fingerprint density at radius 3 is 2.68 bits per heavy atom. The number of aromatic amines is 1. The molecular weight excluding hydrogens is 444 g/mol. The molecule has 9 heteroatoms. The molecule has 1 fully saturated rings. The minimum Gasteiger partial charge on any atom is -0.381 e. The number of aromatic nitrogens is 3. The van der Waals surface area contributed by atoms with Gasteiger partial charge in [-0.1, -0.05) is 0 Å². The lowest BCUT2D eigenvalue weighted by atomic mass is 10.2. The van der Waals surface area contributed by atoms with Gasteiger partial charge in [-0.15, -0.1) is 0 Å². The molecule has 3 heterocycles. The minimum atomic E-state index is -3.48. The highest BCUT2D eigenvalue weighted by atomic mass is 79.9. The van der Waals surface area contributed by atoms with E-state index >= 15 is 0 Å². The third-order valence-corrected chi connectivity index (χ3v) is 8.43. The van der Waals surface area contributed by atoms with Gasteiger partial charge in [-0.3, -0.25) is 10.1 Å². The van der Waals surface area contributed by atoms with E-state index in [0.29, 0.717) is 41.9 Å². The number of nitrogens with zero attached hydrogens (tertiary/aromatic N) is 2. The first-order valence-electron chi connectivity index (χ1n) is 9.06. The Labute approximate surface area is 171 Å². The zero-order valence-electron chi connectivity index (χ0n) is 15.6. The van der Waals surface area contributed by atoms with Gasteiger partial charge in [-0.25, -0.2) is 8.42 Å². The third kappa shape index (κ3) is 3.42. The van der Waals surface area contributed by atoms with Gasteiger partial charge in [-0.2, -0.15) is 5.10 Å². The van der Waals surface area contributed by atoms with E-state index in [2.05, 4.69) is 36.4 Å². The fraction of sp³-hybridized carbons (Fsp3) is 0.368. The van der Waals surface area contributed by atoms with E-state index in [0.717, 1.165) is 22.3 Å². The van der Waals surface area contributed by atoms with Crippen LogP contribution in [0.5, 0.6) is 0 Å². The van der Waals surface area contributed by atoms with E-state index in [1.165, 1.54) is 0 Å². The van der Waals surface area contributed by atoms with Crippen LogP contribution in [0.3, 0.4) is 0 Å². The van der Waals surface area contributed by atoms with Gasteiger partial charge in [0.1, 0.15) is 0 Å². The Bertz CT molecular complexity index is 1140. The van der Waals surface area contributed by atoms with Gasteiger partial charge in [0.05, 0.1) is 21.3 Å². The molecule has 4 rings (SSSR count). The molecule has 0 saturated carbocycles. The Kier molecular flexibility index (Phi) is 5.15. The van der Waals surface area contributed by atoms with Crippen LogP contribution in [0.4, 0.5) is 11.5 Å².